The number of H-pyrrole nitrogens is 1. The monoisotopic (exact) mass is 355 g/mol. The van der Waals surface area contributed by atoms with E-state index in [1.807, 2.05) is 46.2 Å². The largest absolute Gasteiger partial charge is 0.444 e. The highest BCUT2D eigenvalue weighted by Gasteiger charge is 2.30. The zero-order chi connectivity index (χ0) is 18.5. The fourth-order valence-corrected chi connectivity index (χ4v) is 3.95. The molecular weight excluding hydrogens is 330 g/mol. The molecule has 1 aliphatic carbocycles. The van der Waals surface area contributed by atoms with Crippen LogP contribution in [0.25, 0.3) is 22.1 Å². The van der Waals surface area contributed by atoms with Crippen molar-refractivity contribution in [3.05, 3.63) is 24.3 Å². The summed E-state index contributed by atoms with van der Waals surface area (Å²) < 4.78 is 7.69. The first kappa shape index (κ1) is 16.9. The molecule has 1 fully saturated rings. The van der Waals surface area contributed by atoms with Crippen molar-refractivity contribution in [2.24, 2.45) is 0 Å². The van der Waals surface area contributed by atoms with Crippen molar-refractivity contribution in [3.63, 3.8) is 0 Å². The number of alkyl carbamates (subject to hydrolysis) is 1. The quantitative estimate of drug-likeness (QED) is 0.731. The van der Waals surface area contributed by atoms with Gasteiger partial charge < -0.3 is 19.6 Å². The van der Waals surface area contributed by atoms with Crippen LogP contribution in [-0.2, 0) is 4.74 Å². The van der Waals surface area contributed by atoms with E-state index in [2.05, 4.69) is 19.9 Å². The predicted molar refractivity (Wildman–Crippen MR) is 100 cm³/mol. The Morgan fingerprint density at radius 3 is 2.96 bits per heavy atom. The second-order valence-electron chi connectivity index (χ2n) is 8.07. The molecule has 2 atom stereocenters. The number of nitrogens with one attached hydrogen (secondary N) is 2. The summed E-state index contributed by atoms with van der Waals surface area (Å²) in [5.41, 5.74) is 2.43. The number of ether oxygens (including phenoxy) is 1. The number of pyridine rings is 1. The Balaban J connectivity index is 1.58. The zero-order valence-electron chi connectivity index (χ0n) is 15.7. The number of nitrogens with zero attached hydrogens (tertiary/aromatic N) is 3. The van der Waals surface area contributed by atoms with Gasteiger partial charge in [-0.1, -0.05) is 0 Å². The van der Waals surface area contributed by atoms with Crippen LogP contribution in [0.5, 0.6) is 0 Å². The van der Waals surface area contributed by atoms with Gasteiger partial charge in [-0.15, -0.1) is 0 Å². The van der Waals surface area contributed by atoms with Gasteiger partial charge in [0.25, 0.3) is 0 Å². The number of carbonyl (C=O) groups excluding carboxylic acids is 1. The van der Waals surface area contributed by atoms with Crippen molar-refractivity contribution in [2.45, 2.75) is 64.6 Å². The molecule has 3 heterocycles. The maximum Gasteiger partial charge on any atom is 0.407 e. The summed E-state index contributed by atoms with van der Waals surface area (Å²) in [6.07, 6.45) is 6.20. The van der Waals surface area contributed by atoms with E-state index in [9.17, 15) is 4.79 Å². The van der Waals surface area contributed by atoms with Crippen LogP contribution in [0.3, 0.4) is 0 Å². The zero-order valence-corrected chi connectivity index (χ0v) is 15.7. The Morgan fingerprint density at radius 2 is 2.19 bits per heavy atom. The van der Waals surface area contributed by atoms with E-state index in [4.69, 9.17) is 9.72 Å². The standard InChI is InChI=1S/C19H25N5O2/c1-11-22-15-10-21-17-14(7-8-20-17)16(15)24(11)13-6-5-12(9-13)23-18(25)26-19(2,3)4/h7-8,10,12-13H,5-6,9H2,1-4H3,(H,20,21)(H,23,25)/t12-,13-/m1/s1. The molecule has 0 spiro atoms. The van der Waals surface area contributed by atoms with Crippen LogP contribution in [-0.4, -0.2) is 37.3 Å². The fraction of sp³-hybridized carbons (Fsp3) is 0.526. The van der Waals surface area contributed by atoms with Crippen LogP contribution in [0.15, 0.2) is 18.5 Å². The molecule has 3 aromatic rings. The molecule has 0 aromatic carbocycles. The van der Waals surface area contributed by atoms with Crippen molar-refractivity contribution in [3.8, 4) is 0 Å². The van der Waals surface area contributed by atoms with Crippen LogP contribution in [0.1, 0.15) is 51.9 Å². The Bertz CT molecular complexity index is 966. The molecular formula is C19H25N5O2. The summed E-state index contributed by atoms with van der Waals surface area (Å²) in [7, 11) is 0. The van der Waals surface area contributed by atoms with Gasteiger partial charge in [0.1, 0.15) is 22.6 Å². The molecule has 4 rings (SSSR count). The lowest BCUT2D eigenvalue weighted by Crippen LogP contribution is -2.38. The first-order valence-corrected chi connectivity index (χ1v) is 9.12. The van der Waals surface area contributed by atoms with E-state index in [1.54, 1.807) is 0 Å². The number of amides is 1. The lowest BCUT2D eigenvalue weighted by molar-refractivity contribution is 0.0505. The molecule has 2 N–H and O–H groups in total. The second kappa shape index (κ2) is 6.00. The predicted octanol–water partition coefficient (Wildman–Crippen LogP) is 3.84. The molecule has 0 saturated heterocycles. The third kappa shape index (κ3) is 3.02. The lowest BCUT2D eigenvalue weighted by Gasteiger charge is -2.22. The van der Waals surface area contributed by atoms with Gasteiger partial charge in [0.05, 0.1) is 11.7 Å². The molecule has 0 bridgehead atoms. The van der Waals surface area contributed by atoms with Gasteiger partial charge >= 0.3 is 6.09 Å². The fourth-order valence-electron chi connectivity index (χ4n) is 3.95. The Labute approximate surface area is 152 Å². The van der Waals surface area contributed by atoms with Gasteiger partial charge in [0.2, 0.25) is 0 Å². The summed E-state index contributed by atoms with van der Waals surface area (Å²) in [5, 5.41) is 4.10. The van der Waals surface area contributed by atoms with Crippen LogP contribution in [0.2, 0.25) is 0 Å². The number of aromatic nitrogens is 4. The molecule has 26 heavy (non-hydrogen) atoms. The SMILES string of the molecule is Cc1nc2cnc3[nH]ccc3c2n1[C@@H]1CC[C@@H](NC(=O)OC(C)(C)C)C1. The smallest absolute Gasteiger partial charge is 0.407 e. The van der Waals surface area contributed by atoms with Crippen LogP contribution < -0.4 is 5.32 Å². The molecule has 7 nitrogen and oxygen atoms in total. The highest BCUT2D eigenvalue weighted by molar-refractivity contribution is 6.01. The summed E-state index contributed by atoms with van der Waals surface area (Å²) in [6, 6.07) is 2.48. The number of carbonyl (C=O) groups is 1. The van der Waals surface area contributed by atoms with E-state index < -0.39 is 5.60 Å². The molecule has 0 unspecified atom stereocenters. The van der Waals surface area contributed by atoms with E-state index >= 15 is 0 Å². The molecule has 1 amide bonds. The highest BCUT2D eigenvalue weighted by Crippen LogP contribution is 2.36. The first-order valence-electron chi connectivity index (χ1n) is 9.12. The minimum Gasteiger partial charge on any atom is -0.444 e. The van der Waals surface area contributed by atoms with Crippen molar-refractivity contribution in [2.75, 3.05) is 0 Å². The number of rotatable bonds is 2. The van der Waals surface area contributed by atoms with Crippen molar-refractivity contribution < 1.29 is 9.53 Å². The first-order chi connectivity index (χ1) is 12.3. The normalized spacial score (nSPS) is 20.8. The molecule has 7 heteroatoms. The Morgan fingerprint density at radius 1 is 1.38 bits per heavy atom. The number of fused-ring (bicyclic) bond motifs is 3. The molecule has 0 radical (unpaired) electrons. The number of hydrogen-bond donors (Lipinski definition) is 2. The van der Waals surface area contributed by atoms with Crippen molar-refractivity contribution in [1.29, 1.82) is 0 Å². The number of imidazole rings is 1. The lowest BCUT2D eigenvalue weighted by atomic mass is 10.2. The third-order valence-electron chi connectivity index (χ3n) is 4.90. The number of aryl methyl sites for hydroxylation is 1. The molecule has 1 aliphatic rings. The summed E-state index contributed by atoms with van der Waals surface area (Å²) in [4.78, 5) is 24.4. The molecule has 138 valence electrons. The maximum atomic E-state index is 12.1. The van der Waals surface area contributed by atoms with Gasteiger partial charge in [-0.3, -0.25) is 0 Å². The molecule has 1 saturated carbocycles. The van der Waals surface area contributed by atoms with Gasteiger partial charge in [-0.25, -0.2) is 14.8 Å². The summed E-state index contributed by atoms with van der Waals surface area (Å²) in [5.74, 6) is 0.985. The van der Waals surface area contributed by atoms with Gasteiger partial charge in [0.15, 0.2) is 0 Å². The van der Waals surface area contributed by atoms with Crippen molar-refractivity contribution >= 4 is 28.2 Å². The van der Waals surface area contributed by atoms with E-state index in [1.165, 1.54) is 0 Å². The number of hydrogen-bond acceptors (Lipinski definition) is 4. The van der Waals surface area contributed by atoms with Crippen LogP contribution in [0.4, 0.5) is 4.79 Å². The third-order valence-corrected chi connectivity index (χ3v) is 4.90. The maximum absolute atomic E-state index is 12.1. The minimum absolute atomic E-state index is 0.121. The van der Waals surface area contributed by atoms with E-state index in [0.717, 1.165) is 47.2 Å². The summed E-state index contributed by atoms with van der Waals surface area (Å²) >= 11 is 0. The van der Waals surface area contributed by atoms with Gasteiger partial charge in [-0.2, -0.15) is 0 Å². The molecule has 0 aliphatic heterocycles. The minimum atomic E-state index is -0.480. The van der Waals surface area contributed by atoms with E-state index in [0.29, 0.717) is 6.04 Å². The van der Waals surface area contributed by atoms with Crippen LogP contribution in [0, 0.1) is 6.92 Å². The number of aromatic amines is 1. The average Bonchev–Trinajstić information content (AvgIpc) is 3.21. The highest BCUT2D eigenvalue weighted by atomic mass is 16.6. The van der Waals surface area contributed by atoms with E-state index in [-0.39, 0.29) is 12.1 Å². The van der Waals surface area contributed by atoms with Crippen molar-refractivity contribution in [1.82, 2.24) is 24.8 Å². The van der Waals surface area contributed by atoms with Gasteiger partial charge in [-0.05, 0) is 53.0 Å². The average molecular weight is 355 g/mol. The Hall–Kier alpha value is -2.57. The summed E-state index contributed by atoms with van der Waals surface area (Å²) in [6.45, 7) is 7.66. The topological polar surface area (TPSA) is 84.8 Å². The Kier molecular flexibility index (Phi) is 3.89. The second-order valence-corrected chi connectivity index (χ2v) is 8.07. The van der Waals surface area contributed by atoms with Crippen LogP contribution >= 0.6 is 0 Å². The van der Waals surface area contributed by atoms with Gasteiger partial charge in [0, 0.05) is 23.7 Å². The molecule has 3 aromatic heterocycles.